The van der Waals surface area contributed by atoms with Crippen molar-refractivity contribution in [3.8, 4) is 18.2 Å². The van der Waals surface area contributed by atoms with Crippen molar-refractivity contribution in [2.45, 2.75) is 30.8 Å². The minimum atomic E-state index is -1.57. The highest BCUT2D eigenvalue weighted by molar-refractivity contribution is 7.08. The molecule has 0 radical (unpaired) electrons. The van der Waals surface area contributed by atoms with Gasteiger partial charge in [-0.1, -0.05) is 0 Å². The smallest absolute Gasteiger partial charge is 0.190 e. The molecule has 0 amide bonds. The van der Waals surface area contributed by atoms with E-state index in [1.165, 1.54) is 4.90 Å². The summed E-state index contributed by atoms with van der Waals surface area (Å²) in [5, 5.41) is 42.2. The molecule has 2 aliphatic heterocycles. The van der Waals surface area contributed by atoms with Crippen LogP contribution in [0.2, 0.25) is 0 Å². The molecular weight excluding hydrogens is 330 g/mol. The van der Waals surface area contributed by atoms with Crippen LogP contribution in [-0.2, 0) is 0 Å². The third-order valence-electron chi connectivity index (χ3n) is 6.43. The first-order chi connectivity index (χ1) is 12.1. The number of hydrogen-bond donors (Lipinski definition) is 2. The number of hydrogen-bond acceptors (Lipinski definition) is 5. The van der Waals surface area contributed by atoms with Crippen molar-refractivity contribution in [3.63, 3.8) is 0 Å². The Kier molecular flexibility index (Phi) is 3.55. The van der Waals surface area contributed by atoms with Crippen molar-refractivity contribution >= 4 is 17.0 Å². The molecule has 2 N–H and O–H groups in total. The number of nitriles is 3. The maximum atomic E-state index is 9.97. The standard InChI is InChI=1S/C19H17N5S/c1-24-12-2-3-15(24)16-13(6-12)14(7-20)18(23)19(9-21,10-22)17(16)11-4-5-25-8-11/h4-6,8,12,14-17,23H,2-3H2,1H3/p+1/t12-,14?,15+,16-,17-/m0/s1. The summed E-state index contributed by atoms with van der Waals surface area (Å²) in [4.78, 5) is 1.41. The van der Waals surface area contributed by atoms with Gasteiger partial charge in [-0.25, -0.2) is 0 Å². The van der Waals surface area contributed by atoms with Crippen LogP contribution in [0, 0.1) is 56.7 Å². The van der Waals surface area contributed by atoms with Gasteiger partial charge in [-0.3, -0.25) is 0 Å². The maximum absolute atomic E-state index is 9.97. The SMILES string of the molecule is C[NH+]1[C@@H]2C=C3C(C#N)C(=N)C(C#N)(C#N)[C@@H](c4ccsc4)[C@@H]3[C@H]1CC2. The van der Waals surface area contributed by atoms with E-state index in [-0.39, 0.29) is 17.5 Å². The second-order valence-electron chi connectivity index (χ2n) is 7.27. The van der Waals surface area contributed by atoms with Crippen LogP contribution in [0.3, 0.4) is 0 Å². The number of fused-ring (bicyclic) bond motifs is 4. The van der Waals surface area contributed by atoms with Crippen LogP contribution in [0.4, 0.5) is 0 Å². The van der Waals surface area contributed by atoms with Crippen molar-refractivity contribution in [1.82, 2.24) is 0 Å². The van der Waals surface area contributed by atoms with Gasteiger partial charge in [0.2, 0.25) is 0 Å². The second-order valence-corrected chi connectivity index (χ2v) is 8.05. The third-order valence-corrected chi connectivity index (χ3v) is 7.13. The lowest BCUT2D eigenvalue weighted by molar-refractivity contribution is -0.916. The van der Waals surface area contributed by atoms with Gasteiger partial charge in [0.05, 0.1) is 37.0 Å². The van der Waals surface area contributed by atoms with Gasteiger partial charge in [0.25, 0.3) is 0 Å². The normalized spacial score (nSPS) is 38.0. The van der Waals surface area contributed by atoms with Crippen molar-refractivity contribution in [1.29, 1.82) is 21.2 Å². The van der Waals surface area contributed by atoms with Gasteiger partial charge in [-0.2, -0.15) is 27.1 Å². The van der Waals surface area contributed by atoms with Crippen LogP contribution in [0.5, 0.6) is 0 Å². The fourth-order valence-electron chi connectivity index (χ4n) is 5.22. The molecule has 5 nitrogen and oxygen atoms in total. The highest BCUT2D eigenvalue weighted by atomic mass is 32.1. The predicted octanol–water partition coefficient (Wildman–Crippen LogP) is 1.64. The molecule has 0 spiro atoms. The lowest BCUT2D eigenvalue weighted by Crippen LogP contribution is -3.15. The topological polar surface area (TPSA) is 99.7 Å². The molecule has 2 unspecified atom stereocenters. The Bertz CT molecular complexity index is 864. The lowest BCUT2D eigenvalue weighted by Gasteiger charge is -2.48. The largest absolute Gasteiger partial charge is 0.329 e. The Morgan fingerprint density at radius 1 is 1.28 bits per heavy atom. The van der Waals surface area contributed by atoms with Gasteiger partial charge in [0, 0.05) is 24.7 Å². The number of rotatable bonds is 1. The average Bonchev–Trinajstić information content (AvgIpc) is 3.21. The Labute approximate surface area is 150 Å². The quantitative estimate of drug-likeness (QED) is 0.755. The molecule has 1 aromatic heterocycles. The molecule has 2 bridgehead atoms. The zero-order valence-corrected chi connectivity index (χ0v) is 14.7. The highest BCUT2D eigenvalue weighted by Crippen LogP contribution is 2.55. The molecule has 1 saturated carbocycles. The van der Waals surface area contributed by atoms with E-state index in [1.807, 2.05) is 16.8 Å². The molecular formula is C19H18N5S+. The van der Waals surface area contributed by atoms with E-state index < -0.39 is 11.3 Å². The molecule has 3 aliphatic rings. The number of quaternary nitrogens is 1. The Morgan fingerprint density at radius 3 is 2.64 bits per heavy atom. The van der Waals surface area contributed by atoms with E-state index in [1.54, 1.807) is 11.3 Å². The molecule has 1 aliphatic carbocycles. The van der Waals surface area contributed by atoms with Gasteiger partial charge in [0.15, 0.2) is 5.41 Å². The van der Waals surface area contributed by atoms with Gasteiger partial charge in [0.1, 0.15) is 12.0 Å². The Balaban J connectivity index is 1.99. The summed E-state index contributed by atoms with van der Waals surface area (Å²) in [7, 11) is 2.17. The zero-order valence-electron chi connectivity index (χ0n) is 13.9. The minimum Gasteiger partial charge on any atom is -0.329 e. The summed E-state index contributed by atoms with van der Waals surface area (Å²) in [6.07, 6.45) is 4.26. The van der Waals surface area contributed by atoms with E-state index in [0.717, 1.165) is 24.0 Å². The number of likely N-dealkylation sites (N-methyl/N-ethyl adjacent to an activating group) is 1. The molecule has 6 atom stereocenters. The first kappa shape index (κ1) is 16.0. The molecule has 25 heavy (non-hydrogen) atoms. The van der Waals surface area contributed by atoms with E-state index in [2.05, 4.69) is 31.3 Å². The summed E-state index contributed by atoms with van der Waals surface area (Å²) in [5.41, 5.74) is 0.308. The fraction of sp³-hybridized carbons (Fsp3) is 0.474. The summed E-state index contributed by atoms with van der Waals surface area (Å²) < 4.78 is 0. The number of nitrogens with zero attached hydrogens (tertiary/aromatic N) is 3. The van der Waals surface area contributed by atoms with Gasteiger partial charge >= 0.3 is 0 Å². The van der Waals surface area contributed by atoms with Crippen LogP contribution >= 0.6 is 11.3 Å². The molecule has 4 rings (SSSR count). The summed E-state index contributed by atoms with van der Waals surface area (Å²) in [6, 6.07) is 9.17. The van der Waals surface area contributed by atoms with Crippen LogP contribution in [-0.4, -0.2) is 24.8 Å². The predicted molar refractivity (Wildman–Crippen MR) is 92.8 cm³/mol. The van der Waals surface area contributed by atoms with Crippen molar-refractivity contribution in [2.24, 2.45) is 17.3 Å². The third kappa shape index (κ3) is 1.91. The zero-order chi connectivity index (χ0) is 17.8. The van der Waals surface area contributed by atoms with Crippen molar-refractivity contribution < 1.29 is 4.90 Å². The molecule has 0 aromatic carbocycles. The summed E-state index contributed by atoms with van der Waals surface area (Å²) >= 11 is 1.54. The van der Waals surface area contributed by atoms with E-state index in [4.69, 9.17) is 5.41 Å². The maximum Gasteiger partial charge on any atom is 0.190 e. The van der Waals surface area contributed by atoms with Crippen molar-refractivity contribution in [3.05, 3.63) is 34.0 Å². The molecule has 1 aromatic rings. The number of nitrogens with one attached hydrogen (secondary N) is 2. The van der Waals surface area contributed by atoms with E-state index in [9.17, 15) is 15.8 Å². The first-order valence-corrected chi connectivity index (χ1v) is 9.41. The van der Waals surface area contributed by atoms with Crippen LogP contribution < -0.4 is 4.90 Å². The highest BCUT2D eigenvalue weighted by Gasteiger charge is 2.62. The Hall–Kier alpha value is -2.46. The van der Waals surface area contributed by atoms with Gasteiger partial charge in [-0.15, -0.1) is 0 Å². The van der Waals surface area contributed by atoms with Crippen LogP contribution in [0.25, 0.3) is 0 Å². The first-order valence-electron chi connectivity index (χ1n) is 8.47. The lowest BCUT2D eigenvalue weighted by atomic mass is 9.53. The number of thiophene rings is 1. The van der Waals surface area contributed by atoms with E-state index >= 15 is 0 Å². The molecule has 3 heterocycles. The van der Waals surface area contributed by atoms with Crippen molar-refractivity contribution in [2.75, 3.05) is 7.05 Å². The van der Waals surface area contributed by atoms with Crippen LogP contribution in [0.1, 0.15) is 24.3 Å². The summed E-state index contributed by atoms with van der Waals surface area (Å²) in [6.45, 7) is 0. The molecule has 124 valence electrons. The average molecular weight is 348 g/mol. The fourth-order valence-corrected chi connectivity index (χ4v) is 5.92. The Morgan fingerprint density at radius 2 is 2.04 bits per heavy atom. The minimum absolute atomic E-state index is 0.0357. The second kappa shape index (κ2) is 5.53. The van der Waals surface area contributed by atoms with Gasteiger partial charge < -0.3 is 10.3 Å². The molecule has 1 saturated heterocycles. The van der Waals surface area contributed by atoms with E-state index in [0.29, 0.717) is 12.1 Å². The summed E-state index contributed by atoms with van der Waals surface area (Å²) in [5.74, 6) is -1.17. The molecule has 6 heteroatoms. The van der Waals surface area contributed by atoms with Gasteiger partial charge in [-0.05, 0) is 34.0 Å². The monoisotopic (exact) mass is 348 g/mol. The molecule has 2 fully saturated rings. The van der Waals surface area contributed by atoms with Crippen LogP contribution in [0.15, 0.2) is 28.5 Å².